The number of aryl methyl sites for hydroxylation is 1. The number of nitrogens with zero attached hydrogens (tertiary/aromatic N) is 2. The van der Waals surface area contributed by atoms with Gasteiger partial charge in [-0.2, -0.15) is 0 Å². The number of para-hydroxylation sites is 1. The van der Waals surface area contributed by atoms with Gasteiger partial charge in [-0.3, -0.25) is 4.79 Å². The SMILES string of the molecule is Cc1ccc(S(N)(=O)=O)cc1C(=O)N1CCC(c2nc3ccccc3s2)CC1. The lowest BCUT2D eigenvalue weighted by atomic mass is 9.96. The molecule has 8 heteroatoms. The predicted molar refractivity (Wildman–Crippen MR) is 110 cm³/mol. The first-order chi connectivity index (χ1) is 13.3. The van der Waals surface area contributed by atoms with E-state index in [2.05, 4.69) is 6.07 Å². The van der Waals surface area contributed by atoms with Gasteiger partial charge in [0, 0.05) is 24.6 Å². The van der Waals surface area contributed by atoms with Gasteiger partial charge in [0.05, 0.1) is 20.1 Å². The van der Waals surface area contributed by atoms with Gasteiger partial charge < -0.3 is 4.90 Å². The third kappa shape index (κ3) is 3.67. The molecule has 1 saturated heterocycles. The maximum absolute atomic E-state index is 13.0. The number of piperidine rings is 1. The van der Waals surface area contributed by atoms with Gasteiger partial charge >= 0.3 is 0 Å². The molecule has 28 heavy (non-hydrogen) atoms. The number of nitrogens with two attached hydrogens (primary N) is 1. The fourth-order valence-electron chi connectivity index (χ4n) is 3.57. The fraction of sp³-hybridized carbons (Fsp3) is 0.300. The summed E-state index contributed by atoms with van der Waals surface area (Å²) in [4.78, 5) is 19.5. The van der Waals surface area contributed by atoms with E-state index < -0.39 is 10.0 Å². The molecule has 0 unspecified atom stereocenters. The van der Waals surface area contributed by atoms with E-state index in [1.807, 2.05) is 18.2 Å². The zero-order chi connectivity index (χ0) is 19.9. The van der Waals surface area contributed by atoms with Crippen LogP contribution in [0, 0.1) is 6.92 Å². The molecule has 2 heterocycles. The Kier molecular flexibility index (Phi) is 4.95. The van der Waals surface area contributed by atoms with E-state index in [1.54, 1.807) is 29.2 Å². The molecule has 146 valence electrons. The Labute approximate surface area is 168 Å². The molecule has 1 amide bonds. The van der Waals surface area contributed by atoms with Gasteiger partial charge in [0.25, 0.3) is 5.91 Å². The van der Waals surface area contributed by atoms with E-state index in [0.717, 1.165) is 28.9 Å². The molecule has 0 spiro atoms. The minimum absolute atomic E-state index is 0.0363. The Morgan fingerprint density at radius 1 is 1.18 bits per heavy atom. The molecular formula is C20H21N3O3S2. The first kappa shape index (κ1) is 19.0. The van der Waals surface area contributed by atoms with Crippen LogP contribution < -0.4 is 5.14 Å². The third-order valence-electron chi connectivity index (χ3n) is 5.21. The van der Waals surface area contributed by atoms with Crippen LogP contribution in [0.5, 0.6) is 0 Å². The Balaban J connectivity index is 1.50. The normalized spacial score (nSPS) is 15.9. The number of hydrogen-bond donors (Lipinski definition) is 1. The van der Waals surface area contributed by atoms with Crippen molar-refractivity contribution >= 4 is 37.5 Å². The number of hydrogen-bond acceptors (Lipinski definition) is 5. The van der Waals surface area contributed by atoms with Gasteiger partial charge in [-0.05, 0) is 49.6 Å². The minimum atomic E-state index is -3.84. The zero-order valence-corrected chi connectivity index (χ0v) is 17.1. The number of amides is 1. The molecule has 1 aliphatic heterocycles. The van der Waals surface area contributed by atoms with Crippen molar-refractivity contribution in [2.24, 2.45) is 5.14 Å². The monoisotopic (exact) mass is 415 g/mol. The highest BCUT2D eigenvalue weighted by Crippen LogP contribution is 2.34. The lowest BCUT2D eigenvalue weighted by Gasteiger charge is -2.31. The lowest BCUT2D eigenvalue weighted by molar-refractivity contribution is 0.0712. The second kappa shape index (κ2) is 7.27. The number of likely N-dealkylation sites (tertiary alicyclic amines) is 1. The van der Waals surface area contributed by atoms with E-state index >= 15 is 0 Å². The Morgan fingerprint density at radius 2 is 1.89 bits per heavy atom. The summed E-state index contributed by atoms with van der Waals surface area (Å²) < 4.78 is 24.4. The number of primary sulfonamides is 1. The number of fused-ring (bicyclic) bond motifs is 1. The molecular weight excluding hydrogens is 394 g/mol. The molecule has 0 saturated carbocycles. The average Bonchev–Trinajstić information content (AvgIpc) is 3.11. The van der Waals surface area contributed by atoms with Crippen LogP contribution in [-0.4, -0.2) is 37.3 Å². The van der Waals surface area contributed by atoms with Gasteiger partial charge in [0.2, 0.25) is 10.0 Å². The summed E-state index contributed by atoms with van der Waals surface area (Å²) in [5.74, 6) is 0.198. The maximum atomic E-state index is 13.0. The molecule has 2 aromatic carbocycles. The average molecular weight is 416 g/mol. The zero-order valence-electron chi connectivity index (χ0n) is 15.5. The number of carbonyl (C=O) groups is 1. The van der Waals surface area contributed by atoms with Crippen molar-refractivity contribution in [1.82, 2.24) is 9.88 Å². The highest BCUT2D eigenvalue weighted by atomic mass is 32.2. The Morgan fingerprint density at radius 3 is 2.57 bits per heavy atom. The number of carbonyl (C=O) groups excluding carboxylic acids is 1. The van der Waals surface area contributed by atoms with E-state index in [-0.39, 0.29) is 10.8 Å². The largest absolute Gasteiger partial charge is 0.339 e. The molecule has 1 aromatic heterocycles. The molecule has 0 radical (unpaired) electrons. The first-order valence-electron chi connectivity index (χ1n) is 9.11. The van der Waals surface area contributed by atoms with Crippen LogP contribution >= 0.6 is 11.3 Å². The van der Waals surface area contributed by atoms with Crippen LogP contribution in [-0.2, 0) is 10.0 Å². The Bertz CT molecular complexity index is 1110. The molecule has 1 fully saturated rings. The van der Waals surface area contributed by atoms with Crippen molar-refractivity contribution in [3.8, 4) is 0 Å². The predicted octanol–water partition coefficient (Wildman–Crippen LogP) is 3.27. The first-order valence-corrected chi connectivity index (χ1v) is 11.5. The molecule has 3 aromatic rings. The van der Waals surface area contributed by atoms with E-state index in [1.165, 1.54) is 16.8 Å². The second-order valence-electron chi connectivity index (χ2n) is 7.11. The summed E-state index contributed by atoms with van der Waals surface area (Å²) in [6, 6.07) is 12.6. The smallest absolute Gasteiger partial charge is 0.254 e. The highest BCUT2D eigenvalue weighted by molar-refractivity contribution is 7.89. The summed E-state index contributed by atoms with van der Waals surface area (Å²) in [6.07, 6.45) is 1.69. The summed E-state index contributed by atoms with van der Waals surface area (Å²) in [6.45, 7) is 3.05. The molecule has 1 aliphatic rings. The van der Waals surface area contributed by atoms with E-state index in [0.29, 0.717) is 24.6 Å². The summed E-state index contributed by atoms with van der Waals surface area (Å²) in [7, 11) is -3.84. The minimum Gasteiger partial charge on any atom is -0.339 e. The van der Waals surface area contributed by atoms with Crippen LogP contribution in [0.2, 0.25) is 0 Å². The van der Waals surface area contributed by atoms with Gasteiger partial charge in [-0.15, -0.1) is 11.3 Å². The Hall–Kier alpha value is -2.29. The van der Waals surface area contributed by atoms with E-state index in [9.17, 15) is 13.2 Å². The van der Waals surface area contributed by atoms with Crippen molar-refractivity contribution in [3.05, 3.63) is 58.6 Å². The van der Waals surface area contributed by atoms with Crippen molar-refractivity contribution in [3.63, 3.8) is 0 Å². The number of rotatable bonds is 3. The molecule has 0 atom stereocenters. The number of benzene rings is 2. The van der Waals surface area contributed by atoms with Crippen LogP contribution in [0.4, 0.5) is 0 Å². The summed E-state index contributed by atoms with van der Waals surface area (Å²) in [5, 5.41) is 6.34. The van der Waals surface area contributed by atoms with E-state index in [4.69, 9.17) is 10.1 Å². The quantitative estimate of drug-likeness (QED) is 0.710. The summed E-state index contributed by atoms with van der Waals surface area (Å²) in [5.41, 5.74) is 2.16. The lowest BCUT2D eigenvalue weighted by Crippen LogP contribution is -2.38. The number of thiazole rings is 1. The number of aromatic nitrogens is 1. The van der Waals surface area contributed by atoms with Gasteiger partial charge in [0.15, 0.2) is 0 Å². The summed E-state index contributed by atoms with van der Waals surface area (Å²) >= 11 is 1.72. The standard InChI is InChI=1S/C20H21N3O3S2/c1-13-6-7-15(28(21,25)26)12-16(13)20(24)23-10-8-14(9-11-23)19-22-17-4-2-3-5-18(17)27-19/h2-7,12,14H,8-11H2,1H3,(H2,21,25,26). The molecule has 0 aliphatic carbocycles. The topological polar surface area (TPSA) is 93.4 Å². The van der Waals surface area contributed by atoms with Crippen LogP contribution in [0.25, 0.3) is 10.2 Å². The van der Waals surface area contributed by atoms with Crippen LogP contribution in [0.3, 0.4) is 0 Å². The maximum Gasteiger partial charge on any atom is 0.254 e. The van der Waals surface area contributed by atoms with Crippen molar-refractivity contribution in [1.29, 1.82) is 0 Å². The third-order valence-corrected chi connectivity index (χ3v) is 7.32. The molecule has 4 rings (SSSR count). The second-order valence-corrected chi connectivity index (χ2v) is 9.73. The van der Waals surface area contributed by atoms with Crippen molar-refractivity contribution in [2.45, 2.75) is 30.6 Å². The molecule has 6 nitrogen and oxygen atoms in total. The molecule has 0 bridgehead atoms. The fourth-order valence-corrected chi connectivity index (χ4v) is 5.25. The highest BCUT2D eigenvalue weighted by Gasteiger charge is 2.27. The van der Waals surface area contributed by atoms with Gasteiger partial charge in [-0.25, -0.2) is 18.5 Å². The van der Waals surface area contributed by atoms with Crippen molar-refractivity contribution < 1.29 is 13.2 Å². The van der Waals surface area contributed by atoms with Crippen LogP contribution in [0.15, 0.2) is 47.4 Å². The van der Waals surface area contributed by atoms with Crippen LogP contribution in [0.1, 0.15) is 39.7 Å². The molecule has 2 N–H and O–H groups in total. The van der Waals surface area contributed by atoms with Gasteiger partial charge in [-0.1, -0.05) is 18.2 Å². The van der Waals surface area contributed by atoms with Gasteiger partial charge in [0.1, 0.15) is 0 Å². The van der Waals surface area contributed by atoms with Crippen molar-refractivity contribution in [2.75, 3.05) is 13.1 Å². The number of sulfonamides is 1.